The zero-order chi connectivity index (χ0) is 15.1. The van der Waals surface area contributed by atoms with Crippen molar-refractivity contribution in [2.75, 3.05) is 18.1 Å². The van der Waals surface area contributed by atoms with Gasteiger partial charge in [0.25, 0.3) is 0 Å². The quantitative estimate of drug-likeness (QED) is 0.750. The van der Waals surface area contributed by atoms with Crippen LogP contribution >= 0.6 is 0 Å². The largest absolute Gasteiger partial charge is 0.393 e. The molecule has 5 nitrogen and oxygen atoms in total. The van der Waals surface area contributed by atoms with Gasteiger partial charge in [-0.25, -0.2) is 9.18 Å². The van der Waals surface area contributed by atoms with Crippen molar-refractivity contribution in [2.24, 2.45) is 0 Å². The first-order valence-corrected chi connectivity index (χ1v) is 7.85. The Bertz CT molecular complexity index is 497. The first kappa shape index (κ1) is 16.6. The van der Waals surface area contributed by atoms with Crippen molar-refractivity contribution in [1.29, 1.82) is 0 Å². The number of benzene rings is 1. The van der Waals surface area contributed by atoms with Gasteiger partial charge in [0.05, 0.1) is 21.8 Å². The Labute approximate surface area is 120 Å². The van der Waals surface area contributed by atoms with E-state index in [9.17, 15) is 18.5 Å². The van der Waals surface area contributed by atoms with E-state index < -0.39 is 28.8 Å². The Hall–Kier alpha value is -1.47. The van der Waals surface area contributed by atoms with Gasteiger partial charge >= 0.3 is 6.03 Å². The van der Waals surface area contributed by atoms with E-state index in [4.69, 9.17) is 0 Å². The second-order valence-corrected chi connectivity index (χ2v) is 5.68. The van der Waals surface area contributed by atoms with Crippen molar-refractivity contribution in [3.8, 4) is 0 Å². The highest BCUT2D eigenvalue weighted by Crippen LogP contribution is 2.16. The number of amides is 2. The smallest absolute Gasteiger partial charge is 0.319 e. The summed E-state index contributed by atoms with van der Waals surface area (Å²) in [7, 11) is -1.40. The molecule has 20 heavy (non-hydrogen) atoms. The van der Waals surface area contributed by atoms with Crippen LogP contribution in [-0.2, 0) is 10.8 Å². The van der Waals surface area contributed by atoms with Crippen LogP contribution in [-0.4, -0.2) is 34.3 Å². The van der Waals surface area contributed by atoms with E-state index in [1.807, 2.05) is 6.92 Å². The maximum atomic E-state index is 13.6. The molecule has 0 fully saturated rings. The molecule has 2 amide bonds. The van der Waals surface area contributed by atoms with Gasteiger partial charge in [-0.1, -0.05) is 6.92 Å². The third kappa shape index (κ3) is 5.26. The zero-order valence-corrected chi connectivity index (χ0v) is 12.3. The van der Waals surface area contributed by atoms with Gasteiger partial charge in [-0.15, -0.1) is 0 Å². The molecule has 112 valence electrons. The average molecular weight is 302 g/mol. The number of urea groups is 1. The number of carbonyl (C=O) groups excluding carboxylic acids is 1. The van der Waals surface area contributed by atoms with Crippen molar-refractivity contribution >= 4 is 22.5 Å². The van der Waals surface area contributed by atoms with Gasteiger partial charge in [-0.2, -0.15) is 0 Å². The van der Waals surface area contributed by atoms with E-state index in [0.717, 1.165) is 6.07 Å². The third-order valence-corrected chi connectivity index (χ3v) is 3.68. The molecule has 0 saturated carbocycles. The van der Waals surface area contributed by atoms with Crippen molar-refractivity contribution in [1.82, 2.24) is 5.32 Å². The molecule has 1 aromatic carbocycles. The van der Waals surface area contributed by atoms with Crippen LogP contribution < -0.4 is 10.6 Å². The number of hydrogen-bond acceptors (Lipinski definition) is 3. The molecule has 0 bridgehead atoms. The highest BCUT2D eigenvalue weighted by Gasteiger charge is 2.09. The Morgan fingerprint density at radius 3 is 2.75 bits per heavy atom. The average Bonchev–Trinajstić information content (AvgIpc) is 2.38. The molecule has 1 rings (SSSR count). The predicted octanol–water partition coefficient (Wildman–Crippen LogP) is 1.85. The Morgan fingerprint density at radius 2 is 2.20 bits per heavy atom. The molecule has 0 spiro atoms. The van der Waals surface area contributed by atoms with Crippen LogP contribution in [0, 0.1) is 5.82 Å². The van der Waals surface area contributed by atoms with Crippen molar-refractivity contribution in [3.63, 3.8) is 0 Å². The Morgan fingerprint density at radius 1 is 1.50 bits per heavy atom. The Kier molecular flexibility index (Phi) is 6.60. The number of carbonyl (C=O) groups is 1. The van der Waals surface area contributed by atoms with Crippen LogP contribution in [0.5, 0.6) is 0 Å². The number of halogens is 1. The van der Waals surface area contributed by atoms with E-state index in [0.29, 0.717) is 19.4 Å². The molecule has 2 atom stereocenters. The van der Waals surface area contributed by atoms with Crippen LogP contribution in [0.3, 0.4) is 0 Å². The number of nitrogens with one attached hydrogen (secondary N) is 2. The molecular formula is C13H19FN2O3S. The van der Waals surface area contributed by atoms with Crippen LogP contribution in [0.4, 0.5) is 14.9 Å². The zero-order valence-electron chi connectivity index (χ0n) is 11.5. The molecular weight excluding hydrogens is 283 g/mol. The summed E-state index contributed by atoms with van der Waals surface area (Å²) in [6.45, 7) is 2.19. The predicted molar refractivity (Wildman–Crippen MR) is 76.7 cm³/mol. The number of aliphatic hydroxyl groups excluding tert-OH is 1. The standard InChI is InChI=1S/C13H19FN2O3S/c1-3-10(17)6-7-15-13(18)16-9-4-5-12(20(2)19)11(14)8-9/h4-5,8,10,17H,3,6-7H2,1-2H3,(H2,15,16,18). The molecule has 2 unspecified atom stereocenters. The molecule has 3 N–H and O–H groups in total. The second-order valence-electron chi connectivity index (χ2n) is 4.33. The summed E-state index contributed by atoms with van der Waals surface area (Å²) >= 11 is 0. The van der Waals surface area contributed by atoms with Gasteiger partial charge in [0.2, 0.25) is 0 Å². The first-order valence-electron chi connectivity index (χ1n) is 6.30. The summed E-state index contributed by atoms with van der Waals surface area (Å²) in [6, 6.07) is 3.51. The lowest BCUT2D eigenvalue weighted by Crippen LogP contribution is -2.31. The monoisotopic (exact) mass is 302 g/mol. The van der Waals surface area contributed by atoms with Crippen LogP contribution in [0.15, 0.2) is 23.1 Å². The fourth-order valence-corrected chi connectivity index (χ4v) is 2.14. The number of aliphatic hydroxyl groups is 1. The number of anilines is 1. The Balaban J connectivity index is 2.50. The van der Waals surface area contributed by atoms with Crippen LogP contribution in [0.1, 0.15) is 19.8 Å². The molecule has 7 heteroatoms. The van der Waals surface area contributed by atoms with Gasteiger partial charge in [-0.3, -0.25) is 4.21 Å². The lowest BCUT2D eigenvalue weighted by Gasteiger charge is -2.10. The second kappa shape index (κ2) is 7.96. The SMILES string of the molecule is CCC(O)CCNC(=O)Nc1ccc(S(C)=O)c(F)c1. The normalized spacial score (nSPS) is 13.6. The molecule has 0 radical (unpaired) electrons. The van der Waals surface area contributed by atoms with Gasteiger partial charge < -0.3 is 15.7 Å². The summed E-state index contributed by atoms with van der Waals surface area (Å²) in [5, 5.41) is 14.4. The molecule has 0 heterocycles. The van der Waals surface area contributed by atoms with E-state index in [-0.39, 0.29) is 10.6 Å². The maximum Gasteiger partial charge on any atom is 0.319 e. The minimum Gasteiger partial charge on any atom is -0.393 e. The highest BCUT2D eigenvalue weighted by atomic mass is 32.2. The lowest BCUT2D eigenvalue weighted by molar-refractivity contribution is 0.160. The molecule has 0 aliphatic rings. The van der Waals surface area contributed by atoms with E-state index >= 15 is 0 Å². The minimum atomic E-state index is -1.40. The molecule has 1 aromatic rings. The van der Waals surface area contributed by atoms with Crippen LogP contribution in [0.25, 0.3) is 0 Å². The third-order valence-electron chi connectivity index (χ3n) is 2.73. The summed E-state index contributed by atoms with van der Waals surface area (Å²) in [5.41, 5.74) is 0.283. The number of hydrogen-bond donors (Lipinski definition) is 3. The van der Waals surface area contributed by atoms with Gasteiger partial charge in [0, 0.05) is 18.5 Å². The van der Waals surface area contributed by atoms with E-state index in [2.05, 4.69) is 10.6 Å². The van der Waals surface area contributed by atoms with Crippen LogP contribution in [0.2, 0.25) is 0 Å². The summed E-state index contributed by atoms with van der Waals surface area (Å²) in [6.07, 6.45) is 2.04. The van der Waals surface area contributed by atoms with Gasteiger partial charge in [0.15, 0.2) is 0 Å². The van der Waals surface area contributed by atoms with Crippen molar-refractivity contribution < 1.29 is 18.5 Å². The summed E-state index contributed by atoms with van der Waals surface area (Å²) in [4.78, 5) is 11.6. The topological polar surface area (TPSA) is 78.4 Å². The molecule has 0 aliphatic heterocycles. The number of rotatable bonds is 6. The van der Waals surface area contributed by atoms with Gasteiger partial charge in [0.1, 0.15) is 5.82 Å². The summed E-state index contributed by atoms with van der Waals surface area (Å²) in [5.74, 6) is -0.620. The van der Waals surface area contributed by atoms with Gasteiger partial charge in [-0.05, 0) is 31.0 Å². The van der Waals surface area contributed by atoms with E-state index in [1.54, 1.807) is 0 Å². The molecule has 0 aromatic heterocycles. The minimum absolute atomic E-state index is 0.0991. The fourth-order valence-electron chi connectivity index (χ4n) is 1.54. The first-order chi connectivity index (χ1) is 9.43. The van der Waals surface area contributed by atoms with Crippen molar-refractivity contribution in [2.45, 2.75) is 30.8 Å². The highest BCUT2D eigenvalue weighted by molar-refractivity contribution is 7.84. The fraction of sp³-hybridized carbons (Fsp3) is 0.462. The maximum absolute atomic E-state index is 13.6. The lowest BCUT2D eigenvalue weighted by atomic mass is 10.2. The molecule has 0 saturated heterocycles. The van der Waals surface area contributed by atoms with Crippen molar-refractivity contribution in [3.05, 3.63) is 24.0 Å². The molecule has 0 aliphatic carbocycles. The summed E-state index contributed by atoms with van der Waals surface area (Å²) < 4.78 is 24.7. The van der Waals surface area contributed by atoms with E-state index in [1.165, 1.54) is 18.4 Å².